The van der Waals surface area contributed by atoms with Gasteiger partial charge in [-0.15, -0.1) is 24.0 Å². The lowest BCUT2D eigenvalue weighted by Crippen LogP contribution is -2.56. The fourth-order valence-electron chi connectivity index (χ4n) is 4.16. The highest BCUT2D eigenvalue weighted by atomic mass is 127. The van der Waals surface area contributed by atoms with Crippen LogP contribution in [0.5, 0.6) is 0 Å². The third-order valence-corrected chi connectivity index (χ3v) is 5.68. The lowest BCUT2D eigenvalue weighted by Gasteiger charge is -2.47. The fourth-order valence-corrected chi connectivity index (χ4v) is 4.16. The predicted molar refractivity (Wildman–Crippen MR) is 121 cm³/mol. The number of aliphatic hydroxyl groups is 1. The van der Waals surface area contributed by atoms with Crippen molar-refractivity contribution in [3.05, 3.63) is 24.2 Å². The zero-order valence-corrected chi connectivity index (χ0v) is 19.2. The molecule has 1 aliphatic carbocycles. The first-order valence-electron chi connectivity index (χ1n) is 10.3. The van der Waals surface area contributed by atoms with Gasteiger partial charge in [0.25, 0.3) is 0 Å². The number of hydrogen-bond acceptors (Lipinski definition) is 5. The van der Waals surface area contributed by atoms with Crippen LogP contribution in [0.15, 0.2) is 27.8 Å². The van der Waals surface area contributed by atoms with Crippen molar-refractivity contribution in [2.45, 2.75) is 50.7 Å². The van der Waals surface area contributed by atoms with Crippen LogP contribution in [0.25, 0.3) is 0 Å². The monoisotopic (exact) mass is 506 g/mol. The molecule has 1 aliphatic heterocycles. The molecule has 0 amide bonds. The quantitative estimate of drug-likeness (QED) is 0.300. The predicted octanol–water partition coefficient (Wildman–Crippen LogP) is 2.52. The Bertz CT molecular complexity index is 570. The number of halogens is 1. The third kappa shape index (κ3) is 6.33. The molecule has 28 heavy (non-hydrogen) atoms. The number of aliphatic imine (C=N–C) groups is 1. The molecule has 3 N–H and O–H groups in total. The molecule has 8 heteroatoms. The van der Waals surface area contributed by atoms with Gasteiger partial charge in [0.2, 0.25) is 0 Å². The van der Waals surface area contributed by atoms with Crippen molar-refractivity contribution in [2.24, 2.45) is 4.99 Å². The van der Waals surface area contributed by atoms with E-state index >= 15 is 0 Å². The van der Waals surface area contributed by atoms with Gasteiger partial charge in [0, 0.05) is 25.2 Å². The van der Waals surface area contributed by atoms with Crippen molar-refractivity contribution in [1.29, 1.82) is 0 Å². The van der Waals surface area contributed by atoms with Crippen LogP contribution in [0.2, 0.25) is 0 Å². The van der Waals surface area contributed by atoms with Crippen LogP contribution in [-0.2, 0) is 4.74 Å². The summed E-state index contributed by atoms with van der Waals surface area (Å²) in [5, 5.41) is 16.8. The Balaban J connectivity index is 0.00000280. The summed E-state index contributed by atoms with van der Waals surface area (Å²) < 4.78 is 10.8. The van der Waals surface area contributed by atoms with E-state index in [9.17, 15) is 5.11 Å². The maximum absolute atomic E-state index is 10.2. The Morgan fingerprint density at radius 1 is 1.25 bits per heavy atom. The first-order valence-corrected chi connectivity index (χ1v) is 10.3. The van der Waals surface area contributed by atoms with Crippen molar-refractivity contribution in [3.63, 3.8) is 0 Å². The standard InChI is InChI=1S/C20H34N4O3.HI/c1-2-21-19(22-15-17(25)18-7-6-12-27-18)23-16-20(8-4-3-5-9-20)24-10-13-26-14-11-24;/h6-7,12,17,25H,2-5,8-11,13-16H2,1H3,(H2,21,22,23);1H. The van der Waals surface area contributed by atoms with Crippen LogP contribution in [0.4, 0.5) is 0 Å². The molecule has 2 heterocycles. The smallest absolute Gasteiger partial charge is 0.191 e. The number of furan rings is 1. The van der Waals surface area contributed by atoms with Gasteiger partial charge in [-0.25, -0.2) is 0 Å². The number of hydrogen-bond donors (Lipinski definition) is 3. The van der Waals surface area contributed by atoms with E-state index < -0.39 is 6.10 Å². The van der Waals surface area contributed by atoms with Crippen LogP contribution in [-0.4, -0.2) is 67.4 Å². The summed E-state index contributed by atoms with van der Waals surface area (Å²) in [7, 11) is 0. The van der Waals surface area contributed by atoms with Crippen molar-refractivity contribution in [1.82, 2.24) is 15.5 Å². The normalized spacial score (nSPS) is 21.6. The highest BCUT2D eigenvalue weighted by molar-refractivity contribution is 14.0. The van der Waals surface area contributed by atoms with Crippen LogP contribution >= 0.6 is 24.0 Å². The van der Waals surface area contributed by atoms with Gasteiger partial charge in [-0.05, 0) is 31.9 Å². The maximum atomic E-state index is 10.2. The van der Waals surface area contributed by atoms with E-state index in [2.05, 4.69) is 22.5 Å². The summed E-state index contributed by atoms with van der Waals surface area (Å²) in [5.74, 6) is 1.32. The van der Waals surface area contributed by atoms with Crippen molar-refractivity contribution < 1.29 is 14.3 Å². The van der Waals surface area contributed by atoms with E-state index in [1.807, 2.05) is 0 Å². The largest absolute Gasteiger partial charge is 0.467 e. The summed E-state index contributed by atoms with van der Waals surface area (Å²) in [5.41, 5.74) is 0.143. The average molecular weight is 506 g/mol. The maximum Gasteiger partial charge on any atom is 0.191 e. The molecule has 2 fully saturated rings. The van der Waals surface area contributed by atoms with E-state index in [1.165, 1.54) is 32.1 Å². The molecule has 1 unspecified atom stereocenters. The van der Waals surface area contributed by atoms with Crippen LogP contribution < -0.4 is 10.6 Å². The van der Waals surface area contributed by atoms with E-state index in [4.69, 9.17) is 14.1 Å². The summed E-state index contributed by atoms with van der Waals surface area (Å²) in [4.78, 5) is 7.51. The SMILES string of the molecule is CCNC(=NCC1(N2CCOCC2)CCCCC1)NCC(O)c1ccco1.I. The minimum absolute atomic E-state index is 0. The van der Waals surface area contributed by atoms with Crippen LogP contribution in [0.1, 0.15) is 50.9 Å². The topological polar surface area (TPSA) is 82.3 Å². The molecule has 0 radical (unpaired) electrons. The number of nitrogens with zero attached hydrogens (tertiary/aromatic N) is 2. The Morgan fingerprint density at radius 2 is 2.00 bits per heavy atom. The van der Waals surface area contributed by atoms with Crippen molar-refractivity contribution >= 4 is 29.9 Å². The number of morpholine rings is 1. The minimum Gasteiger partial charge on any atom is -0.467 e. The second-order valence-electron chi connectivity index (χ2n) is 7.49. The molecular formula is C20H35IN4O3. The van der Waals surface area contributed by atoms with Gasteiger partial charge in [-0.1, -0.05) is 19.3 Å². The first kappa shape index (κ1) is 23.4. The van der Waals surface area contributed by atoms with Gasteiger partial charge < -0.3 is 24.9 Å². The Morgan fingerprint density at radius 3 is 2.64 bits per heavy atom. The molecule has 0 bridgehead atoms. The average Bonchev–Trinajstić information content (AvgIpc) is 3.26. The highest BCUT2D eigenvalue weighted by Crippen LogP contribution is 2.34. The lowest BCUT2D eigenvalue weighted by atomic mass is 9.80. The molecule has 0 aromatic carbocycles. The molecule has 1 atom stereocenters. The molecule has 160 valence electrons. The van der Waals surface area contributed by atoms with E-state index in [0.29, 0.717) is 12.3 Å². The van der Waals surface area contributed by atoms with E-state index in [0.717, 1.165) is 45.4 Å². The second-order valence-corrected chi connectivity index (χ2v) is 7.49. The Kier molecular flexibility index (Phi) is 10.0. The number of nitrogens with one attached hydrogen (secondary N) is 2. The number of guanidine groups is 1. The summed E-state index contributed by atoms with van der Waals surface area (Å²) in [6.07, 6.45) is 7.15. The summed E-state index contributed by atoms with van der Waals surface area (Å²) in [6.45, 7) is 7.61. The van der Waals surface area contributed by atoms with Crippen molar-refractivity contribution in [2.75, 3.05) is 45.9 Å². The Labute approximate surface area is 185 Å². The van der Waals surface area contributed by atoms with Crippen molar-refractivity contribution in [3.8, 4) is 0 Å². The van der Waals surface area contributed by atoms with Gasteiger partial charge in [0.05, 0.1) is 32.6 Å². The molecule has 2 aliphatic rings. The molecule has 1 aromatic rings. The van der Waals surface area contributed by atoms with E-state index in [-0.39, 0.29) is 29.5 Å². The molecule has 1 saturated carbocycles. The van der Waals surface area contributed by atoms with Gasteiger partial charge in [0.15, 0.2) is 5.96 Å². The number of rotatable bonds is 7. The molecule has 7 nitrogen and oxygen atoms in total. The zero-order chi connectivity index (χ0) is 19.0. The number of ether oxygens (including phenoxy) is 1. The Hall–Kier alpha value is -0.840. The fraction of sp³-hybridized carbons (Fsp3) is 0.750. The summed E-state index contributed by atoms with van der Waals surface area (Å²) in [6, 6.07) is 3.57. The lowest BCUT2D eigenvalue weighted by molar-refractivity contribution is -0.0333. The second kappa shape index (κ2) is 12.0. The first-order chi connectivity index (χ1) is 13.2. The molecule has 0 spiro atoms. The van der Waals surface area contributed by atoms with Crippen LogP contribution in [0.3, 0.4) is 0 Å². The molecule has 3 rings (SSSR count). The molecule has 1 aromatic heterocycles. The van der Waals surface area contributed by atoms with Gasteiger partial charge >= 0.3 is 0 Å². The van der Waals surface area contributed by atoms with E-state index in [1.54, 1.807) is 18.4 Å². The molecular weight excluding hydrogens is 471 g/mol. The summed E-state index contributed by atoms with van der Waals surface area (Å²) >= 11 is 0. The van der Waals surface area contributed by atoms with Gasteiger partial charge in [0.1, 0.15) is 11.9 Å². The highest BCUT2D eigenvalue weighted by Gasteiger charge is 2.38. The molecule has 1 saturated heterocycles. The van der Waals surface area contributed by atoms with Crippen LogP contribution in [0, 0.1) is 0 Å². The van der Waals surface area contributed by atoms with Gasteiger partial charge in [-0.2, -0.15) is 0 Å². The van der Waals surface area contributed by atoms with Gasteiger partial charge in [-0.3, -0.25) is 9.89 Å². The zero-order valence-electron chi connectivity index (χ0n) is 16.9. The number of aliphatic hydroxyl groups excluding tert-OH is 1. The third-order valence-electron chi connectivity index (χ3n) is 5.68. The minimum atomic E-state index is -0.688.